The van der Waals surface area contributed by atoms with Gasteiger partial charge in [0, 0.05) is 37.2 Å². The third kappa shape index (κ3) is 6.59. The number of aromatic nitrogens is 1. The number of ether oxygens (including phenoxy) is 1. The second-order valence-electron chi connectivity index (χ2n) is 10.8. The fourth-order valence-corrected chi connectivity index (χ4v) is 5.67. The second kappa shape index (κ2) is 12.0. The maximum atomic E-state index is 13.9. The molecule has 5 rings (SSSR count). The normalized spacial score (nSPS) is 22.8. The zero-order chi connectivity index (χ0) is 28.2. The average Bonchev–Trinajstić information content (AvgIpc) is 3.40. The van der Waals surface area contributed by atoms with Crippen molar-refractivity contribution in [2.75, 3.05) is 13.1 Å². The smallest absolute Gasteiger partial charge is 0.422 e. The predicted octanol–water partition coefficient (Wildman–Crippen LogP) is 4.28. The number of benzene rings is 1. The van der Waals surface area contributed by atoms with E-state index in [9.17, 15) is 18.8 Å². The van der Waals surface area contributed by atoms with Gasteiger partial charge in [-0.1, -0.05) is 19.1 Å². The van der Waals surface area contributed by atoms with E-state index in [1.807, 2.05) is 13.0 Å². The zero-order valence-corrected chi connectivity index (χ0v) is 22.4. The molecular formula is C29H34FN4O6+. The standard InChI is InChI=1S/C29H33FN4O6/c1-17-12-20-15-34(11-10-19(20)14-24(17)33-28(37)32-23-5-3-2-4-22(23)30)29(38)40-21-8-6-18(7-9-21)13-26-31-25(16-39-26)27(35)36/h2-5,14,16-18,21H,6-13,15H2,1H3,(H,35,36)(H2,32,33,37)/p+1. The van der Waals surface area contributed by atoms with Crippen LogP contribution in [-0.2, 0) is 11.2 Å². The molecule has 11 heteroatoms. The molecule has 40 heavy (non-hydrogen) atoms. The highest BCUT2D eigenvalue weighted by atomic mass is 19.1. The Bertz CT molecular complexity index is 1340. The molecule has 0 saturated heterocycles. The maximum Gasteiger partial charge on any atom is 0.422 e. The van der Waals surface area contributed by atoms with Crippen molar-refractivity contribution in [3.05, 3.63) is 70.8 Å². The molecule has 2 aromatic rings. The number of rotatable bonds is 6. The fraction of sp³-hybridized carbons (Fsp3) is 0.448. The molecule has 2 heterocycles. The molecule has 2 aliphatic carbocycles. The van der Waals surface area contributed by atoms with Crippen LogP contribution in [0.5, 0.6) is 0 Å². The number of urea groups is 1. The van der Waals surface area contributed by atoms with Gasteiger partial charge in [0.25, 0.3) is 0 Å². The molecule has 1 saturated carbocycles. The maximum absolute atomic E-state index is 13.9. The number of carbonyl (C=O) groups excluding carboxylic acids is 2. The summed E-state index contributed by atoms with van der Waals surface area (Å²) in [6.45, 7) is 3.06. The lowest BCUT2D eigenvalue weighted by Gasteiger charge is -2.35. The van der Waals surface area contributed by atoms with E-state index in [0.29, 0.717) is 37.7 Å². The molecule has 1 aliphatic heterocycles. The van der Waals surface area contributed by atoms with E-state index in [-0.39, 0.29) is 35.5 Å². The fourth-order valence-electron chi connectivity index (χ4n) is 5.67. The molecule has 10 nitrogen and oxygen atoms in total. The Kier molecular flexibility index (Phi) is 8.29. The molecule has 1 aromatic heterocycles. The van der Waals surface area contributed by atoms with Crippen LogP contribution >= 0.6 is 0 Å². The molecule has 0 bridgehead atoms. The van der Waals surface area contributed by atoms with Crippen molar-refractivity contribution in [3.63, 3.8) is 0 Å². The van der Waals surface area contributed by atoms with Crippen molar-refractivity contribution in [1.29, 1.82) is 0 Å². The minimum Gasteiger partial charge on any atom is -0.476 e. The number of primary amides is 1. The van der Waals surface area contributed by atoms with Crippen LogP contribution in [-0.4, -0.2) is 52.3 Å². The third-order valence-electron chi connectivity index (χ3n) is 7.91. The van der Waals surface area contributed by atoms with Gasteiger partial charge in [-0.05, 0) is 67.7 Å². The van der Waals surface area contributed by atoms with Crippen LogP contribution in [0.1, 0.15) is 61.8 Å². The summed E-state index contributed by atoms with van der Waals surface area (Å²) < 4.78 is 25.0. The van der Waals surface area contributed by atoms with Gasteiger partial charge in [0.1, 0.15) is 12.4 Å². The van der Waals surface area contributed by atoms with Gasteiger partial charge in [-0.3, -0.25) is 5.32 Å². The zero-order valence-electron chi connectivity index (χ0n) is 22.4. The van der Waals surface area contributed by atoms with Gasteiger partial charge >= 0.3 is 18.1 Å². The lowest BCUT2D eigenvalue weighted by Crippen LogP contribution is -2.85. The van der Waals surface area contributed by atoms with Gasteiger partial charge in [-0.15, -0.1) is 0 Å². The molecule has 1 fully saturated rings. The molecule has 3 aliphatic rings. The number of nitrogens with one attached hydrogen (secondary N) is 1. The van der Waals surface area contributed by atoms with Crippen molar-refractivity contribution in [2.24, 2.45) is 11.8 Å². The van der Waals surface area contributed by atoms with Crippen molar-refractivity contribution < 1.29 is 38.4 Å². The topological polar surface area (TPSA) is 139 Å². The van der Waals surface area contributed by atoms with Crippen LogP contribution in [0, 0.1) is 17.7 Å². The minimum atomic E-state index is -1.10. The van der Waals surface area contributed by atoms with E-state index < -0.39 is 11.8 Å². The number of para-hydroxylation sites is 1. The Labute approximate surface area is 231 Å². The van der Waals surface area contributed by atoms with Crippen molar-refractivity contribution in [2.45, 2.75) is 58.0 Å². The first-order chi connectivity index (χ1) is 19.2. The molecule has 1 aromatic carbocycles. The largest absolute Gasteiger partial charge is 0.476 e. The summed E-state index contributed by atoms with van der Waals surface area (Å²) in [4.78, 5) is 42.2. The average molecular weight is 554 g/mol. The van der Waals surface area contributed by atoms with Gasteiger partial charge in [0.05, 0.1) is 0 Å². The van der Waals surface area contributed by atoms with Gasteiger partial charge in [0.15, 0.2) is 23.1 Å². The van der Waals surface area contributed by atoms with E-state index in [1.165, 1.54) is 17.0 Å². The molecule has 4 N–H and O–H groups in total. The number of hydrogen-bond acceptors (Lipinski definition) is 6. The van der Waals surface area contributed by atoms with Crippen LogP contribution in [0.15, 0.2) is 57.9 Å². The van der Waals surface area contributed by atoms with E-state index in [1.54, 1.807) is 23.1 Å². The predicted molar refractivity (Wildman–Crippen MR) is 141 cm³/mol. The number of halogens is 1. The van der Waals surface area contributed by atoms with Crippen molar-refractivity contribution >= 4 is 23.8 Å². The van der Waals surface area contributed by atoms with Gasteiger partial charge in [-0.2, -0.15) is 0 Å². The summed E-state index contributed by atoms with van der Waals surface area (Å²) in [6, 6.07) is 5.78. The first-order valence-electron chi connectivity index (χ1n) is 13.7. The van der Waals surface area contributed by atoms with Crippen LogP contribution in [0.3, 0.4) is 0 Å². The summed E-state index contributed by atoms with van der Waals surface area (Å²) >= 11 is 0. The van der Waals surface area contributed by atoms with E-state index in [4.69, 9.17) is 14.3 Å². The number of nitrogens with zero attached hydrogens (tertiary/aromatic N) is 2. The molecular weight excluding hydrogens is 519 g/mol. The number of nitrogens with two attached hydrogens (primary N) is 1. The lowest BCUT2D eigenvalue weighted by molar-refractivity contribution is -0.466. The number of quaternary nitrogens is 1. The van der Waals surface area contributed by atoms with Crippen LogP contribution in [0.2, 0.25) is 0 Å². The van der Waals surface area contributed by atoms with E-state index >= 15 is 0 Å². The number of carboxylic acid groups (broad SMARTS) is 1. The van der Waals surface area contributed by atoms with Crippen LogP contribution < -0.4 is 10.6 Å². The summed E-state index contributed by atoms with van der Waals surface area (Å²) in [5, 5.41) is 13.2. The highest BCUT2D eigenvalue weighted by Crippen LogP contribution is 2.34. The highest BCUT2D eigenvalue weighted by molar-refractivity contribution is 5.84. The number of hydrogen-bond donors (Lipinski definition) is 3. The SMILES string of the molecule is CC1CC2=C(C=C1NC(=O)[NH2+]c1ccccc1F)CCN(C(=O)OC1CCC(Cc3nc(C(=O)O)co3)CC1)C2. The highest BCUT2D eigenvalue weighted by Gasteiger charge is 2.31. The Morgan fingerprint density at radius 2 is 2.00 bits per heavy atom. The number of oxazole rings is 1. The first kappa shape index (κ1) is 27.6. The molecule has 1 unspecified atom stereocenters. The summed E-state index contributed by atoms with van der Waals surface area (Å²) in [5.41, 5.74) is 3.25. The summed E-state index contributed by atoms with van der Waals surface area (Å²) in [6.07, 6.45) is 7.88. The Morgan fingerprint density at radius 3 is 2.73 bits per heavy atom. The summed E-state index contributed by atoms with van der Waals surface area (Å²) in [7, 11) is 0. The minimum absolute atomic E-state index is 0.0539. The van der Waals surface area contributed by atoms with Gasteiger partial charge < -0.3 is 19.2 Å². The monoisotopic (exact) mass is 553 g/mol. The number of aromatic carboxylic acids is 1. The number of amides is 3. The molecule has 0 radical (unpaired) electrons. The second-order valence-corrected chi connectivity index (χ2v) is 10.8. The van der Waals surface area contributed by atoms with E-state index in [0.717, 1.165) is 49.6 Å². The Balaban J connectivity index is 1.10. The van der Waals surface area contributed by atoms with E-state index in [2.05, 4.69) is 10.3 Å². The number of carboxylic acids is 1. The van der Waals surface area contributed by atoms with Gasteiger partial charge in [-0.25, -0.2) is 29.1 Å². The Morgan fingerprint density at radius 1 is 1.23 bits per heavy atom. The number of carbonyl (C=O) groups is 3. The molecule has 3 amide bonds. The van der Waals surface area contributed by atoms with Crippen LogP contribution in [0.4, 0.5) is 19.7 Å². The molecule has 0 spiro atoms. The Hall–Kier alpha value is -3.99. The summed E-state index contributed by atoms with van der Waals surface area (Å²) in [5.74, 6) is -0.752. The van der Waals surface area contributed by atoms with Crippen molar-refractivity contribution in [3.8, 4) is 0 Å². The quantitative estimate of drug-likeness (QED) is 0.454. The van der Waals surface area contributed by atoms with Gasteiger partial charge in [0.2, 0.25) is 0 Å². The van der Waals surface area contributed by atoms with Crippen LogP contribution in [0.25, 0.3) is 0 Å². The third-order valence-corrected chi connectivity index (χ3v) is 7.91. The number of allylic oxidation sites excluding steroid dienone is 2. The van der Waals surface area contributed by atoms with Crippen molar-refractivity contribution in [1.82, 2.24) is 15.2 Å². The molecule has 212 valence electrons. The first-order valence-corrected chi connectivity index (χ1v) is 13.7. The molecule has 1 atom stereocenters. The lowest BCUT2D eigenvalue weighted by atomic mass is 9.84.